The van der Waals surface area contributed by atoms with Gasteiger partial charge in [0.2, 0.25) is 0 Å². The molecule has 1 aromatic carbocycles. The van der Waals surface area contributed by atoms with Gasteiger partial charge in [0.15, 0.2) is 23.3 Å². The van der Waals surface area contributed by atoms with Crippen molar-refractivity contribution in [2.45, 2.75) is 63.4 Å². The van der Waals surface area contributed by atoms with E-state index in [1.54, 1.807) is 44.2 Å². The Balaban J connectivity index is 1.62. The van der Waals surface area contributed by atoms with Crippen LogP contribution in [0.5, 0.6) is 5.75 Å². The van der Waals surface area contributed by atoms with Crippen molar-refractivity contribution in [1.29, 1.82) is 0 Å². The molecule has 0 aliphatic carbocycles. The first-order valence-corrected chi connectivity index (χ1v) is 14.7. The fraction of sp³-hybridized carbons (Fsp3) is 0.478. The highest BCUT2D eigenvalue weighted by molar-refractivity contribution is 8.09. The predicted molar refractivity (Wildman–Crippen MR) is 142 cm³/mol. The first kappa shape index (κ1) is 30.1. The molecule has 40 heavy (non-hydrogen) atoms. The average molecular weight is 603 g/mol. The number of aliphatic hydroxyl groups is 2. The number of benzene rings is 1. The first-order valence-electron chi connectivity index (χ1n) is 12.1. The number of aromatic nitrogens is 4. The molecule has 5 N–H and O–H groups in total. The summed E-state index contributed by atoms with van der Waals surface area (Å²) in [6.07, 6.45) is -7.03. The van der Waals surface area contributed by atoms with Crippen molar-refractivity contribution in [3.63, 3.8) is 0 Å². The van der Waals surface area contributed by atoms with E-state index in [0.29, 0.717) is 0 Å². The number of carbonyl (C=O) groups excluding carboxylic acids is 1. The highest BCUT2D eigenvalue weighted by Crippen LogP contribution is 2.49. The van der Waals surface area contributed by atoms with E-state index >= 15 is 0 Å². The smallest absolute Gasteiger partial charge is 0.323 e. The van der Waals surface area contributed by atoms with Gasteiger partial charge in [-0.3, -0.25) is 9.36 Å². The topological polar surface area (TPSA) is 176 Å². The second-order valence-electron chi connectivity index (χ2n) is 9.29. The summed E-state index contributed by atoms with van der Waals surface area (Å²) in [5.74, 6) is -0.411. The summed E-state index contributed by atoms with van der Waals surface area (Å²) in [5, 5.41) is 24.4. The van der Waals surface area contributed by atoms with Gasteiger partial charge in [0.05, 0.1) is 19.0 Å². The molecule has 13 nitrogen and oxygen atoms in total. The van der Waals surface area contributed by atoms with Gasteiger partial charge in [-0.1, -0.05) is 18.2 Å². The van der Waals surface area contributed by atoms with Crippen LogP contribution in [0.3, 0.4) is 0 Å². The quantitative estimate of drug-likeness (QED) is 0.185. The zero-order valence-electron chi connectivity index (χ0n) is 21.6. The van der Waals surface area contributed by atoms with Crippen LogP contribution < -0.4 is 15.3 Å². The number of rotatable bonds is 11. The molecular formula is C23H29F2N6O7PS. The number of nitrogens with two attached hydrogens (primary N) is 1. The lowest BCUT2D eigenvalue weighted by Gasteiger charge is -2.34. The molecule has 0 radical (unpaired) electrons. The minimum Gasteiger partial charge on any atom is -0.462 e. The Kier molecular flexibility index (Phi) is 8.99. The number of ether oxygens (including phenoxy) is 2. The summed E-state index contributed by atoms with van der Waals surface area (Å²) in [5.41, 5.74) is 3.28. The number of fused-ring (bicyclic) bond motifs is 1. The molecule has 0 saturated carbocycles. The average Bonchev–Trinajstić information content (AvgIpc) is 3.43. The number of halogens is 2. The number of hydrogen-bond acceptors (Lipinski definition) is 12. The molecule has 1 fully saturated rings. The van der Waals surface area contributed by atoms with E-state index in [0.717, 1.165) is 10.9 Å². The molecule has 1 unspecified atom stereocenters. The Hall–Kier alpha value is -2.85. The van der Waals surface area contributed by atoms with Crippen molar-refractivity contribution < 1.29 is 42.3 Å². The van der Waals surface area contributed by atoms with E-state index in [1.807, 2.05) is 0 Å². The van der Waals surface area contributed by atoms with Crippen molar-refractivity contribution in [2.75, 3.05) is 12.3 Å². The van der Waals surface area contributed by atoms with Gasteiger partial charge in [-0.05, 0) is 44.7 Å². The number of alkyl halides is 2. The van der Waals surface area contributed by atoms with Gasteiger partial charge in [0.1, 0.15) is 35.8 Å². The molecule has 0 bridgehead atoms. The number of hydrogen-bond donors (Lipinski definition) is 4. The number of esters is 1. The van der Waals surface area contributed by atoms with Crippen molar-refractivity contribution in [3.8, 4) is 5.75 Å². The third-order valence-electron chi connectivity index (χ3n) is 5.97. The number of aliphatic hydroxyl groups excluding tert-OH is 2. The lowest BCUT2D eigenvalue weighted by Crippen LogP contribution is -2.53. The highest BCUT2D eigenvalue weighted by atomic mass is 32.5. The van der Waals surface area contributed by atoms with Crippen LogP contribution in [0.2, 0.25) is 0 Å². The minimum atomic E-state index is -3.78. The number of nitrogens with one attached hydrogen (secondary N) is 1. The third kappa shape index (κ3) is 6.07. The zero-order valence-corrected chi connectivity index (χ0v) is 23.3. The van der Waals surface area contributed by atoms with E-state index in [4.69, 9.17) is 36.1 Å². The van der Waals surface area contributed by atoms with E-state index in [2.05, 4.69) is 20.0 Å². The molecule has 1 aliphatic heterocycles. The summed E-state index contributed by atoms with van der Waals surface area (Å²) >= 11 is 5.58. The maximum Gasteiger partial charge on any atom is 0.323 e. The van der Waals surface area contributed by atoms with Gasteiger partial charge < -0.3 is 34.5 Å². The molecular weight excluding hydrogens is 573 g/mol. The van der Waals surface area contributed by atoms with Crippen molar-refractivity contribution in [2.24, 2.45) is 0 Å². The van der Waals surface area contributed by atoms with Crippen molar-refractivity contribution in [3.05, 3.63) is 43.0 Å². The highest BCUT2D eigenvalue weighted by Gasteiger charge is 2.61. The summed E-state index contributed by atoms with van der Waals surface area (Å²) in [4.78, 5) is 24.3. The first-order chi connectivity index (χ1) is 18.9. The lowest BCUT2D eigenvalue weighted by atomic mass is 9.96. The summed E-state index contributed by atoms with van der Waals surface area (Å²) in [7, 11) is 0. The van der Waals surface area contributed by atoms with Crippen LogP contribution in [0.4, 0.5) is 14.6 Å². The third-order valence-corrected chi connectivity index (χ3v) is 8.45. The van der Waals surface area contributed by atoms with Crippen molar-refractivity contribution >= 4 is 41.4 Å². The van der Waals surface area contributed by atoms with E-state index < -0.39 is 61.8 Å². The number of para-hydroxylation sites is 1. The maximum atomic E-state index is 14.6. The number of nitrogen functional groups attached to an aromatic ring is 1. The van der Waals surface area contributed by atoms with Gasteiger partial charge in [-0.2, -0.15) is 0 Å². The second kappa shape index (κ2) is 11.9. The van der Waals surface area contributed by atoms with Crippen LogP contribution >= 0.6 is 6.64 Å². The van der Waals surface area contributed by atoms with Gasteiger partial charge in [-0.25, -0.2) is 28.8 Å². The predicted octanol–water partition coefficient (Wildman–Crippen LogP) is 1.91. The fourth-order valence-electron chi connectivity index (χ4n) is 3.97. The minimum absolute atomic E-state index is 0.0233. The number of imidazole rings is 1. The monoisotopic (exact) mass is 602 g/mol. The SMILES string of the molecule is CC(C)OC(=O)[C@H](C)NP(=S)(OC[C@@]1(C(F)F)O[C@@H](n2cnc3c(N)ncnc32)[C@H](O)[C@@H]1O)Oc1ccccc1. The normalized spacial score (nSPS) is 25.3. The van der Waals surface area contributed by atoms with Gasteiger partial charge in [-0.15, -0.1) is 0 Å². The molecule has 1 saturated heterocycles. The summed E-state index contributed by atoms with van der Waals surface area (Å²) < 4.78 is 52.8. The van der Waals surface area contributed by atoms with Crippen LogP contribution in [-0.2, 0) is 30.6 Å². The Labute approximate surface area is 232 Å². The van der Waals surface area contributed by atoms with E-state index in [-0.39, 0.29) is 22.7 Å². The molecule has 2 aromatic heterocycles. The zero-order chi connectivity index (χ0) is 29.2. The van der Waals surface area contributed by atoms with Crippen molar-refractivity contribution in [1.82, 2.24) is 24.6 Å². The number of carbonyl (C=O) groups is 1. The van der Waals surface area contributed by atoms with Gasteiger partial charge in [0.25, 0.3) is 6.43 Å². The molecule has 4 rings (SSSR count). The van der Waals surface area contributed by atoms with Crippen LogP contribution in [0.15, 0.2) is 43.0 Å². The Morgan fingerprint density at radius 2 is 1.95 bits per heavy atom. The Morgan fingerprint density at radius 3 is 2.60 bits per heavy atom. The van der Waals surface area contributed by atoms with Crippen LogP contribution in [0.1, 0.15) is 27.0 Å². The Bertz CT molecular complexity index is 1390. The molecule has 218 valence electrons. The standard InChI is InChI=1S/C23H29F2N6O7PS/c1-12(2)36-21(34)13(3)30-39(40,38-14-7-5-4-6-8-14)35-9-23(22(24)25)17(33)16(32)20(37-23)31-11-29-15-18(26)27-10-28-19(15)31/h4-8,10-13,16-17,20,22,32-33H,9H2,1-3H3,(H,30,40)(H2,26,27,28)/t13-,16+,17-,20+,23+,39?/m0/s1. The van der Waals surface area contributed by atoms with Crippen LogP contribution in [0.25, 0.3) is 11.2 Å². The number of anilines is 1. The molecule has 0 amide bonds. The molecule has 17 heteroatoms. The van der Waals surface area contributed by atoms with E-state index in [9.17, 15) is 23.8 Å². The van der Waals surface area contributed by atoms with Crippen LogP contribution in [-0.4, -0.2) is 78.7 Å². The second-order valence-corrected chi connectivity index (χ2v) is 12.4. The van der Waals surface area contributed by atoms with Gasteiger partial charge in [0, 0.05) is 0 Å². The molecule has 3 aromatic rings. The molecule has 6 atom stereocenters. The summed E-state index contributed by atoms with van der Waals surface area (Å²) in [6, 6.07) is 7.11. The largest absolute Gasteiger partial charge is 0.462 e. The number of nitrogens with zero attached hydrogens (tertiary/aromatic N) is 4. The Morgan fingerprint density at radius 1 is 1.25 bits per heavy atom. The molecule has 3 heterocycles. The van der Waals surface area contributed by atoms with E-state index in [1.165, 1.54) is 13.3 Å². The van der Waals surface area contributed by atoms with Gasteiger partial charge >= 0.3 is 12.6 Å². The summed E-state index contributed by atoms with van der Waals surface area (Å²) in [6.45, 7) is -0.0311. The molecule has 1 aliphatic rings. The lowest BCUT2D eigenvalue weighted by molar-refractivity contribution is -0.191. The maximum absolute atomic E-state index is 14.6. The molecule has 0 spiro atoms. The fourth-order valence-corrected chi connectivity index (χ4v) is 6.39. The van der Waals surface area contributed by atoms with Crippen LogP contribution in [0, 0.1) is 0 Å².